The van der Waals surface area contributed by atoms with E-state index in [0.29, 0.717) is 18.2 Å². The van der Waals surface area contributed by atoms with Crippen molar-refractivity contribution in [2.24, 2.45) is 0 Å². The van der Waals surface area contributed by atoms with E-state index in [0.717, 1.165) is 23.4 Å². The van der Waals surface area contributed by atoms with Gasteiger partial charge in [-0.25, -0.2) is 9.78 Å². The summed E-state index contributed by atoms with van der Waals surface area (Å²) in [6.45, 7) is 8.14. The van der Waals surface area contributed by atoms with Crippen molar-refractivity contribution in [2.45, 2.75) is 40.2 Å². The standard InChI is InChI=1S/C16H22N4O3/c1-5-13(15-10(3)20-23-11(15)4)19-16(21)18-12-7-8-14(17-9-12)22-6-2/h7-9,13H,5-6H2,1-4H3,(H2,18,19,21)/t13-/m0/s1. The molecule has 0 aliphatic carbocycles. The summed E-state index contributed by atoms with van der Waals surface area (Å²) in [6, 6.07) is 3.00. The van der Waals surface area contributed by atoms with Gasteiger partial charge >= 0.3 is 6.03 Å². The molecule has 0 aliphatic rings. The first-order chi connectivity index (χ1) is 11.0. The van der Waals surface area contributed by atoms with Crippen LogP contribution in [0.1, 0.15) is 43.3 Å². The van der Waals surface area contributed by atoms with E-state index in [1.54, 1.807) is 18.3 Å². The zero-order valence-electron chi connectivity index (χ0n) is 13.8. The number of amides is 2. The van der Waals surface area contributed by atoms with E-state index < -0.39 is 0 Å². The van der Waals surface area contributed by atoms with E-state index in [1.165, 1.54) is 0 Å². The number of carbonyl (C=O) groups excluding carboxylic acids is 1. The Labute approximate surface area is 135 Å². The summed E-state index contributed by atoms with van der Waals surface area (Å²) in [5, 5.41) is 9.62. The lowest BCUT2D eigenvalue weighted by atomic mass is 10.0. The number of nitrogens with one attached hydrogen (secondary N) is 2. The van der Waals surface area contributed by atoms with Crippen molar-refractivity contribution >= 4 is 11.7 Å². The van der Waals surface area contributed by atoms with Gasteiger partial charge in [-0.3, -0.25) is 0 Å². The van der Waals surface area contributed by atoms with Gasteiger partial charge in [-0.05, 0) is 33.3 Å². The number of carbonyl (C=O) groups is 1. The third-order valence-electron chi connectivity index (χ3n) is 3.44. The van der Waals surface area contributed by atoms with Crippen molar-refractivity contribution in [3.05, 3.63) is 35.3 Å². The number of hydrogen-bond acceptors (Lipinski definition) is 5. The van der Waals surface area contributed by atoms with Crippen molar-refractivity contribution in [1.29, 1.82) is 0 Å². The van der Waals surface area contributed by atoms with E-state index >= 15 is 0 Å². The molecule has 0 aromatic carbocycles. The average Bonchev–Trinajstić information content (AvgIpc) is 2.86. The summed E-state index contributed by atoms with van der Waals surface area (Å²) in [5.41, 5.74) is 2.31. The largest absolute Gasteiger partial charge is 0.478 e. The van der Waals surface area contributed by atoms with Gasteiger partial charge in [0, 0.05) is 11.6 Å². The molecule has 23 heavy (non-hydrogen) atoms. The van der Waals surface area contributed by atoms with Gasteiger partial charge in [0.15, 0.2) is 0 Å². The second kappa shape index (κ2) is 7.62. The Balaban J connectivity index is 2.00. The van der Waals surface area contributed by atoms with Gasteiger partial charge in [-0.1, -0.05) is 12.1 Å². The topological polar surface area (TPSA) is 89.3 Å². The summed E-state index contributed by atoms with van der Waals surface area (Å²) in [4.78, 5) is 16.3. The number of aryl methyl sites for hydroxylation is 2. The van der Waals surface area contributed by atoms with E-state index in [2.05, 4.69) is 20.8 Å². The van der Waals surface area contributed by atoms with E-state index in [4.69, 9.17) is 9.26 Å². The normalized spacial score (nSPS) is 11.8. The van der Waals surface area contributed by atoms with Crippen molar-refractivity contribution in [1.82, 2.24) is 15.5 Å². The Hall–Kier alpha value is -2.57. The highest BCUT2D eigenvalue weighted by atomic mass is 16.5. The van der Waals surface area contributed by atoms with Crippen LogP contribution in [0.4, 0.5) is 10.5 Å². The highest BCUT2D eigenvalue weighted by molar-refractivity contribution is 5.89. The fourth-order valence-corrected chi connectivity index (χ4v) is 2.38. The molecule has 7 nitrogen and oxygen atoms in total. The molecule has 0 saturated heterocycles. The lowest BCUT2D eigenvalue weighted by molar-refractivity contribution is 0.248. The highest BCUT2D eigenvalue weighted by Gasteiger charge is 2.20. The molecule has 124 valence electrons. The first kappa shape index (κ1) is 16.8. The van der Waals surface area contributed by atoms with Crippen LogP contribution in [0, 0.1) is 13.8 Å². The predicted molar refractivity (Wildman–Crippen MR) is 86.6 cm³/mol. The molecular formula is C16H22N4O3. The van der Waals surface area contributed by atoms with Crippen LogP contribution < -0.4 is 15.4 Å². The first-order valence-electron chi connectivity index (χ1n) is 7.64. The number of hydrogen-bond donors (Lipinski definition) is 2. The van der Waals surface area contributed by atoms with Crippen LogP contribution in [0.5, 0.6) is 5.88 Å². The molecule has 2 amide bonds. The summed E-state index contributed by atoms with van der Waals surface area (Å²) in [5.74, 6) is 1.25. The number of ether oxygens (including phenoxy) is 1. The minimum Gasteiger partial charge on any atom is -0.478 e. The number of rotatable bonds is 6. The lowest BCUT2D eigenvalue weighted by Crippen LogP contribution is -2.32. The molecule has 2 N–H and O–H groups in total. The summed E-state index contributed by atoms with van der Waals surface area (Å²) < 4.78 is 10.4. The molecule has 0 radical (unpaired) electrons. The molecule has 1 atom stereocenters. The summed E-state index contributed by atoms with van der Waals surface area (Å²) in [6.07, 6.45) is 2.29. The zero-order chi connectivity index (χ0) is 16.8. The molecule has 7 heteroatoms. The van der Waals surface area contributed by atoms with Gasteiger partial charge in [0.1, 0.15) is 5.76 Å². The number of pyridine rings is 1. The van der Waals surface area contributed by atoms with Gasteiger partial charge in [0.2, 0.25) is 5.88 Å². The Morgan fingerprint density at radius 3 is 2.65 bits per heavy atom. The average molecular weight is 318 g/mol. The van der Waals surface area contributed by atoms with Crippen LogP contribution in [0.25, 0.3) is 0 Å². The zero-order valence-corrected chi connectivity index (χ0v) is 13.8. The van der Waals surface area contributed by atoms with Crippen molar-refractivity contribution in [3.63, 3.8) is 0 Å². The van der Waals surface area contributed by atoms with E-state index in [-0.39, 0.29) is 12.1 Å². The van der Waals surface area contributed by atoms with Crippen LogP contribution >= 0.6 is 0 Å². The maximum Gasteiger partial charge on any atom is 0.319 e. The van der Waals surface area contributed by atoms with Crippen LogP contribution in [0.15, 0.2) is 22.9 Å². The molecule has 0 spiro atoms. The third-order valence-corrected chi connectivity index (χ3v) is 3.44. The molecule has 0 fully saturated rings. The Morgan fingerprint density at radius 1 is 1.35 bits per heavy atom. The second-order valence-electron chi connectivity index (χ2n) is 5.12. The molecule has 0 saturated carbocycles. The maximum atomic E-state index is 12.2. The van der Waals surface area contributed by atoms with Gasteiger partial charge in [-0.2, -0.15) is 0 Å². The van der Waals surface area contributed by atoms with Crippen LogP contribution in [-0.2, 0) is 0 Å². The molecule has 0 aliphatic heterocycles. The number of aromatic nitrogens is 2. The van der Waals surface area contributed by atoms with Gasteiger partial charge in [0.05, 0.1) is 30.2 Å². The number of urea groups is 1. The van der Waals surface area contributed by atoms with E-state index in [1.807, 2.05) is 27.7 Å². The first-order valence-corrected chi connectivity index (χ1v) is 7.64. The quantitative estimate of drug-likeness (QED) is 0.852. The Bertz CT molecular complexity index is 632. The maximum absolute atomic E-state index is 12.2. The van der Waals surface area contributed by atoms with Crippen molar-refractivity contribution < 1.29 is 14.1 Å². The van der Waals surface area contributed by atoms with E-state index in [9.17, 15) is 4.79 Å². The Morgan fingerprint density at radius 2 is 2.13 bits per heavy atom. The molecular weight excluding hydrogens is 296 g/mol. The number of anilines is 1. The summed E-state index contributed by atoms with van der Waals surface area (Å²) >= 11 is 0. The fourth-order valence-electron chi connectivity index (χ4n) is 2.38. The van der Waals surface area contributed by atoms with Crippen LogP contribution in [-0.4, -0.2) is 22.8 Å². The summed E-state index contributed by atoms with van der Waals surface area (Å²) in [7, 11) is 0. The van der Waals surface area contributed by atoms with Crippen molar-refractivity contribution in [3.8, 4) is 5.88 Å². The molecule has 0 unspecified atom stereocenters. The lowest BCUT2D eigenvalue weighted by Gasteiger charge is -2.17. The fraction of sp³-hybridized carbons (Fsp3) is 0.438. The third kappa shape index (κ3) is 4.21. The van der Waals surface area contributed by atoms with Gasteiger partial charge in [-0.15, -0.1) is 0 Å². The highest BCUT2D eigenvalue weighted by Crippen LogP contribution is 2.24. The molecule has 2 heterocycles. The molecule has 2 rings (SSSR count). The van der Waals surface area contributed by atoms with Gasteiger partial charge < -0.3 is 19.9 Å². The number of nitrogens with zero attached hydrogens (tertiary/aromatic N) is 2. The minimum absolute atomic E-state index is 0.156. The smallest absolute Gasteiger partial charge is 0.319 e. The predicted octanol–water partition coefficient (Wildman–Crippen LogP) is 3.36. The van der Waals surface area contributed by atoms with Crippen LogP contribution in [0.3, 0.4) is 0 Å². The second-order valence-corrected chi connectivity index (χ2v) is 5.12. The SMILES string of the molecule is CCOc1ccc(NC(=O)N[C@@H](CC)c2c(C)noc2C)cn1. The minimum atomic E-state index is -0.303. The monoisotopic (exact) mass is 318 g/mol. The molecule has 0 bridgehead atoms. The Kier molecular flexibility index (Phi) is 5.56. The molecule has 2 aromatic rings. The molecule has 2 aromatic heterocycles. The van der Waals surface area contributed by atoms with Gasteiger partial charge in [0.25, 0.3) is 0 Å². The van der Waals surface area contributed by atoms with Crippen molar-refractivity contribution in [2.75, 3.05) is 11.9 Å². The van der Waals surface area contributed by atoms with Crippen LogP contribution in [0.2, 0.25) is 0 Å².